The molecule has 10 heteroatoms. The maximum atomic E-state index is 13.2. The van der Waals surface area contributed by atoms with E-state index in [0.717, 1.165) is 11.3 Å². The number of nitrogens with zero attached hydrogens (tertiary/aromatic N) is 5. The van der Waals surface area contributed by atoms with E-state index in [1.54, 1.807) is 36.5 Å². The molecule has 0 radical (unpaired) electrons. The van der Waals surface area contributed by atoms with Crippen LogP contribution in [0.15, 0.2) is 41.3 Å². The van der Waals surface area contributed by atoms with Gasteiger partial charge in [-0.2, -0.15) is 14.5 Å². The van der Waals surface area contributed by atoms with Crippen molar-refractivity contribution in [2.24, 2.45) is 7.05 Å². The molecular weight excluding hydrogens is 416 g/mol. The van der Waals surface area contributed by atoms with Gasteiger partial charge in [0.15, 0.2) is 0 Å². The Morgan fingerprint density at radius 2 is 1.81 bits per heavy atom. The van der Waals surface area contributed by atoms with Crippen LogP contribution in [0.3, 0.4) is 0 Å². The lowest BCUT2D eigenvalue weighted by Crippen LogP contribution is -2.38. The lowest BCUT2D eigenvalue weighted by molar-refractivity contribution is 0.0753. The molecule has 1 aliphatic heterocycles. The smallest absolute Gasteiger partial charge is 0.272 e. The molecule has 9 nitrogen and oxygen atoms in total. The van der Waals surface area contributed by atoms with E-state index in [1.807, 2.05) is 30.3 Å². The van der Waals surface area contributed by atoms with Crippen LogP contribution in [0.5, 0.6) is 0 Å². The van der Waals surface area contributed by atoms with Gasteiger partial charge in [-0.05, 0) is 26.3 Å². The second kappa shape index (κ2) is 8.27. The second-order valence-corrected chi connectivity index (χ2v) is 9.59. The van der Waals surface area contributed by atoms with Crippen LogP contribution in [-0.4, -0.2) is 69.7 Å². The molecule has 0 saturated carbocycles. The van der Waals surface area contributed by atoms with Gasteiger partial charge in [-0.3, -0.25) is 14.6 Å². The van der Waals surface area contributed by atoms with Gasteiger partial charge in [0.2, 0.25) is 10.0 Å². The standard InChI is InChI=1S/C21H26N6O3S/c1-15-20(16(2)23-22-15)31(29,30)27-11-7-10-26(12-13-27)21(28)19-14-18(24-25(19)3)17-8-5-4-6-9-17/h4-6,8-9,14H,7,10-13H2,1-3H3,(H,22,23). The summed E-state index contributed by atoms with van der Waals surface area (Å²) in [6.07, 6.45) is 0.560. The fourth-order valence-corrected chi connectivity index (χ4v) is 5.77. The number of carbonyl (C=O) groups is 1. The Bertz CT molecular complexity index is 1180. The molecule has 1 amide bonds. The summed E-state index contributed by atoms with van der Waals surface area (Å²) in [6, 6.07) is 11.5. The first-order chi connectivity index (χ1) is 14.8. The summed E-state index contributed by atoms with van der Waals surface area (Å²) < 4.78 is 29.3. The fourth-order valence-electron chi connectivity index (χ4n) is 3.97. The highest BCUT2D eigenvalue weighted by atomic mass is 32.2. The van der Waals surface area contributed by atoms with E-state index in [-0.39, 0.29) is 17.3 Å². The van der Waals surface area contributed by atoms with Crippen LogP contribution in [0, 0.1) is 13.8 Å². The monoisotopic (exact) mass is 442 g/mol. The Balaban J connectivity index is 1.52. The van der Waals surface area contributed by atoms with Gasteiger partial charge < -0.3 is 4.90 Å². The highest BCUT2D eigenvalue weighted by Gasteiger charge is 2.32. The molecule has 1 aliphatic rings. The lowest BCUT2D eigenvalue weighted by Gasteiger charge is -2.22. The van der Waals surface area contributed by atoms with Crippen molar-refractivity contribution in [3.8, 4) is 11.3 Å². The number of amides is 1. The Hall–Kier alpha value is -2.98. The molecule has 4 rings (SSSR count). The molecular formula is C21H26N6O3S. The van der Waals surface area contributed by atoms with Crippen LogP contribution in [0.2, 0.25) is 0 Å². The van der Waals surface area contributed by atoms with E-state index in [0.29, 0.717) is 43.1 Å². The number of aromatic nitrogens is 4. The molecule has 1 N–H and O–H groups in total. The summed E-state index contributed by atoms with van der Waals surface area (Å²) in [5.41, 5.74) is 3.14. The van der Waals surface area contributed by atoms with Crippen molar-refractivity contribution in [2.45, 2.75) is 25.2 Å². The van der Waals surface area contributed by atoms with Crippen molar-refractivity contribution in [2.75, 3.05) is 26.2 Å². The molecule has 1 aromatic carbocycles. The van der Waals surface area contributed by atoms with Gasteiger partial charge >= 0.3 is 0 Å². The van der Waals surface area contributed by atoms with Gasteiger partial charge in [-0.25, -0.2) is 8.42 Å². The van der Waals surface area contributed by atoms with Crippen molar-refractivity contribution in [1.29, 1.82) is 0 Å². The molecule has 3 aromatic rings. The zero-order valence-electron chi connectivity index (χ0n) is 17.9. The number of aromatic amines is 1. The number of H-pyrrole nitrogens is 1. The molecule has 3 heterocycles. The zero-order chi connectivity index (χ0) is 22.2. The van der Waals surface area contributed by atoms with Crippen molar-refractivity contribution in [1.82, 2.24) is 29.2 Å². The maximum absolute atomic E-state index is 13.2. The lowest BCUT2D eigenvalue weighted by atomic mass is 10.1. The van der Waals surface area contributed by atoms with E-state index in [9.17, 15) is 13.2 Å². The number of hydrogen-bond acceptors (Lipinski definition) is 5. The zero-order valence-corrected chi connectivity index (χ0v) is 18.7. The highest BCUT2D eigenvalue weighted by molar-refractivity contribution is 7.89. The average Bonchev–Trinajstić information content (AvgIpc) is 3.19. The van der Waals surface area contributed by atoms with Gasteiger partial charge in [0.25, 0.3) is 5.91 Å². The molecule has 0 bridgehead atoms. The minimum Gasteiger partial charge on any atom is -0.336 e. The van der Waals surface area contributed by atoms with Crippen LogP contribution in [-0.2, 0) is 17.1 Å². The Morgan fingerprint density at radius 1 is 1.06 bits per heavy atom. The Labute approximate surface area is 181 Å². The Morgan fingerprint density at radius 3 is 2.48 bits per heavy atom. The first-order valence-corrected chi connectivity index (χ1v) is 11.6. The van der Waals surface area contributed by atoms with E-state index < -0.39 is 10.0 Å². The average molecular weight is 443 g/mol. The summed E-state index contributed by atoms with van der Waals surface area (Å²) in [4.78, 5) is 15.1. The second-order valence-electron chi connectivity index (χ2n) is 7.72. The molecule has 2 aromatic heterocycles. The number of hydrogen-bond donors (Lipinski definition) is 1. The third-order valence-corrected chi connectivity index (χ3v) is 7.73. The first-order valence-electron chi connectivity index (χ1n) is 10.2. The van der Waals surface area contributed by atoms with Crippen LogP contribution in [0.25, 0.3) is 11.3 Å². The van der Waals surface area contributed by atoms with Crippen molar-refractivity contribution < 1.29 is 13.2 Å². The molecule has 0 spiro atoms. The summed E-state index contributed by atoms with van der Waals surface area (Å²) in [5.74, 6) is -0.146. The molecule has 1 fully saturated rings. The highest BCUT2D eigenvalue weighted by Crippen LogP contribution is 2.24. The number of aryl methyl sites for hydroxylation is 3. The van der Waals surface area contributed by atoms with Crippen LogP contribution in [0.4, 0.5) is 0 Å². The fraction of sp³-hybridized carbons (Fsp3) is 0.381. The van der Waals surface area contributed by atoms with Gasteiger partial charge in [0, 0.05) is 38.8 Å². The van der Waals surface area contributed by atoms with Crippen LogP contribution < -0.4 is 0 Å². The van der Waals surface area contributed by atoms with Crippen LogP contribution in [0.1, 0.15) is 28.3 Å². The van der Waals surface area contributed by atoms with E-state index in [1.165, 1.54) is 4.31 Å². The third-order valence-electron chi connectivity index (χ3n) is 5.57. The molecule has 164 valence electrons. The molecule has 0 unspecified atom stereocenters. The predicted molar refractivity (Wildman–Crippen MR) is 116 cm³/mol. The quantitative estimate of drug-likeness (QED) is 0.665. The van der Waals surface area contributed by atoms with Gasteiger partial charge in [0.1, 0.15) is 10.6 Å². The van der Waals surface area contributed by atoms with Crippen molar-refractivity contribution in [3.63, 3.8) is 0 Å². The molecule has 0 atom stereocenters. The summed E-state index contributed by atoms with van der Waals surface area (Å²) in [5, 5.41) is 11.2. The van der Waals surface area contributed by atoms with E-state index in [2.05, 4.69) is 15.3 Å². The van der Waals surface area contributed by atoms with Crippen molar-refractivity contribution >= 4 is 15.9 Å². The number of nitrogens with one attached hydrogen (secondary N) is 1. The number of carbonyl (C=O) groups excluding carboxylic acids is 1. The van der Waals surface area contributed by atoms with E-state index in [4.69, 9.17) is 0 Å². The summed E-state index contributed by atoms with van der Waals surface area (Å²) >= 11 is 0. The van der Waals surface area contributed by atoms with Gasteiger partial charge in [-0.15, -0.1) is 0 Å². The number of sulfonamides is 1. The molecule has 0 aliphatic carbocycles. The predicted octanol–water partition coefficient (Wildman–Crippen LogP) is 1.96. The molecule has 31 heavy (non-hydrogen) atoms. The van der Waals surface area contributed by atoms with Gasteiger partial charge in [0.05, 0.1) is 17.1 Å². The Kier molecular flexibility index (Phi) is 5.67. The SMILES string of the molecule is Cc1n[nH]c(C)c1S(=O)(=O)N1CCCN(C(=O)c2cc(-c3ccccc3)nn2C)CC1. The minimum absolute atomic E-state index is 0.146. The van der Waals surface area contributed by atoms with Crippen LogP contribution >= 0.6 is 0 Å². The maximum Gasteiger partial charge on any atom is 0.272 e. The van der Waals surface area contributed by atoms with Gasteiger partial charge in [-0.1, -0.05) is 30.3 Å². The normalized spacial score (nSPS) is 15.8. The number of benzene rings is 1. The topological polar surface area (TPSA) is 104 Å². The summed E-state index contributed by atoms with van der Waals surface area (Å²) in [6.45, 7) is 4.78. The van der Waals surface area contributed by atoms with Crippen molar-refractivity contribution in [3.05, 3.63) is 53.5 Å². The third kappa shape index (κ3) is 4.00. The first kappa shape index (κ1) is 21.3. The van der Waals surface area contributed by atoms with E-state index >= 15 is 0 Å². The minimum atomic E-state index is -3.67. The summed E-state index contributed by atoms with van der Waals surface area (Å²) in [7, 11) is -1.92. The molecule has 1 saturated heterocycles. The largest absolute Gasteiger partial charge is 0.336 e. The number of rotatable bonds is 4.